The summed E-state index contributed by atoms with van der Waals surface area (Å²) in [4.78, 5) is 12.0. The SMILES string of the molecule is CC(OCC1CCOCC1)C(=O)Nc1cccc(C#N)c1. The van der Waals surface area contributed by atoms with Gasteiger partial charge in [-0.1, -0.05) is 6.07 Å². The average molecular weight is 288 g/mol. The molecule has 2 rings (SSSR count). The summed E-state index contributed by atoms with van der Waals surface area (Å²) >= 11 is 0. The molecular formula is C16H20N2O3. The Bertz CT molecular complexity index is 518. The van der Waals surface area contributed by atoms with E-state index in [1.807, 2.05) is 6.07 Å². The van der Waals surface area contributed by atoms with Gasteiger partial charge in [-0.25, -0.2) is 0 Å². The molecule has 1 saturated heterocycles. The normalized spacial score (nSPS) is 17.0. The molecule has 1 aliphatic heterocycles. The summed E-state index contributed by atoms with van der Waals surface area (Å²) in [6.07, 6.45) is 1.45. The van der Waals surface area contributed by atoms with Crippen molar-refractivity contribution in [3.05, 3.63) is 29.8 Å². The summed E-state index contributed by atoms with van der Waals surface area (Å²) in [5.41, 5.74) is 1.13. The Morgan fingerprint density at radius 2 is 2.29 bits per heavy atom. The van der Waals surface area contributed by atoms with E-state index in [9.17, 15) is 4.79 Å². The third-order valence-electron chi connectivity index (χ3n) is 3.55. The van der Waals surface area contributed by atoms with Crippen molar-refractivity contribution < 1.29 is 14.3 Å². The van der Waals surface area contributed by atoms with Crippen molar-refractivity contribution in [1.82, 2.24) is 0 Å². The zero-order chi connectivity index (χ0) is 15.1. The zero-order valence-corrected chi connectivity index (χ0v) is 12.2. The third-order valence-corrected chi connectivity index (χ3v) is 3.55. The molecule has 1 N–H and O–H groups in total. The third kappa shape index (κ3) is 4.85. The molecule has 0 aromatic heterocycles. The molecule has 0 radical (unpaired) electrons. The Morgan fingerprint density at radius 1 is 1.52 bits per heavy atom. The highest BCUT2D eigenvalue weighted by Crippen LogP contribution is 2.16. The molecule has 1 aromatic carbocycles. The molecule has 5 heteroatoms. The van der Waals surface area contributed by atoms with Crippen LogP contribution >= 0.6 is 0 Å². The van der Waals surface area contributed by atoms with Crippen molar-refractivity contribution in [2.45, 2.75) is 25.9 Å². The second kappa shape index (κ2) is 7.77. The van der Waals surface area contributed by atoms with Crippen LogP contribution in [0.15, 0.2) is 24.3 Å². The van der Waals surface area contributed by atoms with Gasteiger partial charge in [-0.2, -0.15) is 5.26 Å². The highest BCUT2D eigenvalue weighted by molar-refractivity contribution is 5.94. The van der Waals surface area contributed by atoms with Gasteiger partial charge in [0.25, 0.3) is 5.91 Å². The molecule has 1 fully saturated rings. The van der Waals surface area contributed by atoms with Crippen LogP contribution in [-0.2, 0) is 14.3 Å². The van der Waals surface area contributed by atoms with Crippen LogP contribution in [0.1, 0.15) is 25.3 Å². The van der Waals surface area contributed by atoms with E-state index in [0.717, 1.165) is 26.1 Å². The minimum Gasteiger partial charge on any atom is -0.381 e. The van der Waals surface area contributed by atoms with Crippen molar-refractivity contribution in [3.63, 3.8) is 0 Å². The molecule has 5 nitrogen and oxygen atoms in total. The molecule has 0 bridgehead atoms. The first kappa shape index (κ1) is 15.5. The van der Waals surface area contributed by atoms with E-state index < -0.39 is 6.10 Å². The number of nitrogens with one attached hydrogen (secondary N) is 1. The molecule has 1 atom stereocenters. The van der Waals surface area contributed by atoms with Gasteiger partial charge in [-0.05, 0) is 43.9 Å². The van der Waals surface area contributed by atoms with Crippen molar-refractivity contribution in [1.29, 1.82) is 5.26 Å². The van der Waals surface area contributed by atoms with Gasteiger partial charge in [0.1, 0.15) is 6.10 Å². The van der Waals surface area contributed by atoms with Crippen LogP contribution in [0.4, 0.5) is 5.69 Å². The fourth-order valence-corrected chi connectivity index (χ4v) is 2.18. The van der Waals surface area contributed by atoms with Crippen LogP contribution < -0.4 is 5.32 Å². The van der Waals surface area contributed by atoms with E-state index in [1.165, 1.54) is 0 Å². The fraction of sp³-hybridized carbons (Fsp3) is 0.500. The summed E-state index contributed by atoms with van der Waals surface area (Å²) in [6.45, 7) is 3.87. The monoisotopic (exact) mass is 288 g/mol. The van der Waals surface area contributed by atoms with Gasteiger partial charge in [0, 0.05) is 18.9 Å². The number of carbonyl (C=O) groups excluding carboxylic acids is 1. The summed E-state index contributed by atoms with van der Waals surface area (Å²) in [5, 5.41) is 11.6. The second-order valence-corrected chi connectivity index (χ2v) is 5.21. The molecule has 1 unspecified atom stereocenters. The van der Waals surface area contributed by atoms with Crippen molar-refractivity contribution in [2.75, 3.05) is 25.1 Å². The van der Waals surface area contributed by atoms with Gasteiger partial charge < -0.3 is 14.8 Å². The predicted molar refractivity (Wildman–Crippen MR) is 78.7 cm³/mol. The van der Waals surface area contributed by atoms with Gasteiger partial charge in [0.15, 0.2) is 0 Å². The van der Waals surface area contributed by atoms with Crippen LogP contribution in [0.25, 0.3) is 0 Å². The minimum atomic E-state index is -0.515. The molecule has 0 saturated carbocycles. The number of nitrogens with zero attached hydrogens (tertiary/aromatic N) is 1. The Balaban J connectivity index is 1.80. The second-order valence-electron chi connectivity index (χ2n) is 5.21. The maximum Gasteiger partial charge on any atom is 0.253 e. The number of benzene rings is 1. The highest BCUT2D eigenvalue weighted by Gasteiger charge is 2.18. The topological polar surface area (TPSA) is 71.3 Å². The molecule has 0 aliphatic carbocycles. The van der Waals surface area contributed by atoms with E-state index in [-0.39, 0.29) is 5.91 Å². The number of carbonyl (C=O) groups is 1. The van der Waals surface area contributed by atoms with E-state index in [2.05, 4.69) is 5.32 Å². The van der Waals surface area contributed by atoms with Gasteiger partial charge >= 0.3 is 0 Å². The average Bonchev–Trinajstić information content (AvgIpc) is 2.53. The van der Waals surface area contributed by atoms with Crippen LogP contribution in [0, 0.1) is 17.2 Å². The molecule has 1 amide bonds. The minimum absolute atomic E-state index is 0.197. The van der Waals surface area contributed by atoms with Crippen LogP contribution in [0.3, 0.4) is 0 Å². The lowest BCUT2D eigenvalue weighted by Gasteiger charge is -2.23. The summed E-state index contributed by atoms with van der Waals surface area (Å²) in [6, 6.07) is 8.87. The summed E-state index contributed by atoms with van der Waals surface area (Å²) in [5.74, 6) is 0.271. The van der Waals surface area contributed by atoms with Crippen LogP contribution in [0.2, 0.25) is 0 Å². The number of amides is 1. The highest BCUT2D eigenvalue weighted by atomic mass is 16.5. The van der Waals surface area contributed by atoms with Crippen LogP contribution in [0.5, 0.6) is 0 Å². The van der Waals surface area contributed by atoms with Gasteiger partial charge in [0.2, 0.25) is 0 Å². The number of nitriles is 1. The lowest BCUT2D eigenvalue weighted by molar-refractivity contribution is -0.127. The Labute approximate surface area is 124 Å². The van der Waals surface area contributed by atoms with Gasteiger partial charge in [-0.15, -0.1) is 0 Å². The molecule has 112 valence electrons. The first-order valence-electron chi connectivity index (χ1n) is 7.19. The largest absolute Gasteiger partial charge is 0.381 e. The first-order chi connectivity index (χ1) is 10.2. The summed E-state index contributed by atoms with van der Waals surface area (Å²) < 4.78 is 10.9. The molecular weight excluding hydrogens is 268 g/mol. The zero-order valence-electron chi connectivity index (χ0n) is 12.2. The van der Waals surface area contributed by atoms with Crippen LogP contribution in [-0.4, -0.2) is 31.8 Å². The quantitative estimate of drug-likeness (QED) is 0.902. The molecule has 0 spiro atoms. The Hall–Kier alpha value is -1.90. The van der Waals surface area contributed by atoms with E-state index >= 15 is 0 Å². The number of hydrogen-bond donors (Lipinski definition) is 1. The standard InChI is InChI=1S/C16H20N2O3/c1-12(21-11-13-5-7-20-8-6-13)16(19)18-15-4-2-3-14(9-15)10-17/h2-4,9,12-13H,5-8,11H2,1H3,(H,18,19). The van der Waals surface area contributed by atoms with Crippen molar-refractivity contribution in [3.8, 4) is 6.07 Å². The predicted octanol–water partition coefficient (Wildman–Crippen LogP) is 2.33. The first-order valence-corrected chi connectivity index (χ1v) is 7.19. The van der Waals surface area contributed by atoms with Crippen molar-refractivity contribution >= 4 is 11.6 Å². The summed E-state index contributed by atoms with van der Waals surface area (Å²) in [7, 11) is 0. The lowest BCUT2D eigenvalue weighted by atomic mass is 10.0. The Kier molecular flexibility index (Phi) is 5.73. The molecule has 1 aromatic rings. The van der Waals surface area contributed by atoms with E-state index in [1.54, 1.807) is 31.2 Å². The maximum absolute atomic E-state index is 12.0. The maximum atomic E-state index is 12.0. The molecule has 1 heterocycles. The Morgan fingerprint density at radius 3 is 3.00 bits per heavy atom. The van der Waals surface area contributed by atoms with Crippen molar-refractivity contribution in [2.24, 2.45) is 5.92 Å². The van der Waals surface area contributed by atoms with Gasteiger partial charge in [0.05, 0.1) is 18.2 Å². The van der Waals surface area contributed by atoms with E-state index in [0.29, 0.717) is 23.8 Å². The van der Waals surface area contributed by atoms with E-state index in [4.69, 9.17) is 14.7 Å². The smallest absolute Gasteiger partial charge is 0.253 e. The molecule has 21 heavy (non-hydrogen) atoms. The number of hydrogen-bond acceptors (Lipinski definition) is 4. The van der Waals surface area contributed by atoms with Gasteiger partial charge in [-0.3, -0.25) is 4.79 Å². The fourth-order valence-electron chi connectivity index (χ4n) is 2.18. The lowest BCUT2D eigenvalue weighted by Crippen LogP contribution is -2.30. The number of ether oxygens (including phenoxy) is 2. The molecule has 1 aliphatic rings. The number of anilines is 1. The number of rotatable bonds is 5.